The van der Waals surface area contributed by atoms with E-state index in [4.69, 9.17) is 4.74 Å². The van der Waals surface area contributed by atoms with E-state index in [-0.39, 0.29) is 0 Å². The van der Waals surface area contributed by atoms with Gasteiger partial charge in [-0.25, -0.2) is 0 Å². The first-order chi connectivity index (χ1) is 10.3. The van der Waals surface area contributed by atoms with E-state index >= 15 is 0 Å². The Morgan fingerprint density at radius 3 is 2.24 bits per heavy atom. The van der Waals surface area contributed by atoms with Crippen molar-refractivity contribution in [1.82, 2.24) is 4.90 Å². The van der Waals surface area contributed by atoms with Crippen molar-refractivity contribution < 1.29 is 4.74 Å². The molecule has 2 nitrogen and oxygen atoms in total. The molecule has 2 aromatic carbocycles. The Morgan fingerprint density at radius 1 is 0.952 bits per heavy atom. The van der Waals surface area contributed by atoms with E-state index < -0.39 is 0 Å². The monoisotopic (exact) mass is 281 g/mol. The molecule has 1 heterocycles. The van der Waals surface area contributed by atoms with Gasteiger partial charge in [0.1, 0.15) is 0 Å². The van der Waals surface area contributed by atoms with E-state index in [9.17, 15) is 0 Å². The summed E-state index contributed by atoms with van der Waals surface area (Å²) in [5.74, 6) is 0. The summed E-state index contributed by atoms with van der Waals surface area (Å²) in [7, 11) is 0. The normalized spacial score (nSPS) is 22.5. The van der Waals surface area contributed by atoms with E-state index in [0.717, 1.165) is 26.1 Å². The van der Waals surface area contributed by atoms with Crippen LogP contribution in [0.2, 0.25) is 0 Å². The van der Waals surface area contributed by atoms with Gasteiger partial charge in [-0.2, -0.15) is 0 Å². The van der Waals surface area contributed by atoms with Gasteiger partial charge in [0, 0.05) is 19.1 Å². The molecular formula is C19H23NO. The van der Waals surface area contributed by atoms with E-state index in [1.165, 1.54) is 11.1 Å². The highest BCUT2D eigenvalue weighted by Crippen LogP contribution is 2.23. The lowest BCUT2D eigenvalue weighted by atomic mass is 10.1. The highest BCUT2D eigenvalue weighted by atomic mass is 16.5. The highest BCUT2D eigenvalue weighted by molar-refractivity contribution is 5.15. The molecule has 21 heavy (non-hydrogen) atoms. The minimum absolute atomic E-state index is 0.342. The molecule has 3 rings (SSSR count). The van der Waals surface area contributed by atoms with Gasteiger partial charge in [0.2, 0.25) is 0 Å². The summed E-state index contributed by atoms with van der Waals surface area (Å²) in [6, 6.07) is 21.6. The summed E-state index contributed by atoms with van der Waals surface area (Å²) in [5, 5.41) is 0. The number of hydrogen-bond acceptors (Lipinski definition) is 2. The first-order valence-corrected chi connectivity index (χ1v) is 7.76. The average molecular weight is 281 g/mol. The minimum atomic E-state index is 0.342. The maximum atomic E-state index is 6.13. The fraction of sp³-hybridized carbons (Fsp3) is 0.368. The quantitative estimate of drug-likeness (QED) is 0.825. The molecule has 0 radical (unpaired) electrons. The van der Waals surface area contributed by atoms with E-state index in [1.54, 1.807) is 0 Å². The molecule has 2 aromatic rings. The molecule has 1 aliphatic rings. The summed E-state index contributed by atoms with van der Waals surface area (Å²) < 4.78 is 6.13. The van der Waals surface area contributed by atoms with Crippen LogP contribution in [0.15, 0.2) is 60.7 Å². The van der Waals surface area contributed by atoms with Crippen molar-refractivity contribution in [3.8, 4) is 0 Å². The van der Waals surface area contributed by atoms with Crippen molar-refractivity contribution in [3.05, 3.63) is 71.8 Å². The molecular weight excluding hydrogens is 258 g/mol. The second-order valence-corrected chi connectivity index (χ2v) is 5.82. The lowest BCUT2D eigenvalue weighted by Gasteiger charge is -2.24. The summed E-state index contributed by atoms with van der Waals surface area (Å²) in [6.07, 6.45) is 1.47. The average Bonchev–Trinajstić information content (AvgIpc) is 2.88. The van der Waals surface area contributed by atoms with Gasteiger partial charge in [0.15, 0.2) is 0 Å². The predicted molar refractivity (Wildman–Crippen MR) is 86.0 cm³/mol. The molecule has 0 N–H and O–H groups in total. The molecule has 2 atom stereocenters. The van der Waals surface area contributed by atoms with E-state index in [0.29, 0.717) is 12.1 Å². The van der Waals surface area contributed by atoms with Gasteiger partial charge >= 0.3 is 0 Å². The first kappa shape index (κ1) is 14.3. The summed E-state index contributed by atoms with van der Waals surface area (Å²) in [5.41, 5.74) is 2.64. The Morgan fingerprint density at radius 2 is 1.57 bits per heavy atom. The SMILES string of the molecule is CC1C(OCc2ccccc2)CCN1Cc1ccccc1. The molecule has 2 unspecified atom stereocenters. The van der Waals surface area contributed by atoms with Gasteiger partial charge in [-0.05, 0) is 24.5 Å². The molecule has 0 spiro atoms. The van der Waals surface area contributed by atoms with Crippen LogP contribution in [0.1, 0.15) is 24.5 Å². The number of rotatable bonds is 5. The van der Waals surface area contributed by atoms with Crippen molar-refractivity contribution in [2.24, 2.45) is 0 Å². The van der Waals surface area contributed by atoms with Gasteiger partial charge in [-0.1, -0.05) is 60.7 Å². The zero-order valence-electron chi connectivity index (χ0n) is 12.6. The van der Waals surface area contributed by atoms with Crippen LogP contribution < -0.4 is 0 Å². The number of ether oxygens (including phenoxy) is 1. The van der Waals surface area contributed by atoms with Crippen LogP contribution in [0, 0.1) is 0 Å². The lowest BCUT2D eigenvalue weighted by molar-refractivity contribution is 0.0199. The zero-order chi connectivity index (χ0) is 14.5. The maximum absolute atomic E-state index is 6.13. The molecule has 2 heteroatoms. The standard InChI is InChI=1S/C19H23NO/c1-16-19(21-15-18-10-6-3-7-11-18)12-13-20(16)14-17-8-4-2-5-9-17/h2-11,16,19H,12-15H2,1H3. The van der Waals surface area contributed by atoms with Crippen molar-refractivity contribution >= 4 is 0 Å². The first-order valence-electron chi connectivity index (χ1n) is 7.76. The largest absolute Gasteiger partial charge is 0.372 e. The topological polar surface area (TPSA) is 12.5 Å². The number of hydrogen-bond donors (Lipinski definition) is 0. The Kier molecular flexibility index (Phi) is 4.69. The van der Waals surface area contributed by atoms with Crippen molar-refractivity contribution in [3.63, 3.8) is 0 Å². The van der Waals surface area contributed by atoms with Crippen LogP contribution in [0.3, 0.4) is 0 Å². The van der Waals surface area contributed by atoms with Crippen molar-refractivity contribution in [1.29, 1.82) is 0 Å². The Bertz CT molecular complexity index is 540. The summed E-state index contributed by atoms with van der Waals surface area (Å²) in [6.45, 7) is 5.14. The molecule has 1 saturated heterocycles. The molecule has 0 amide bonds. The van der Waals surface area contributed by atoms with Crippen LogP contribution in [-0.4, -0.2) is 23.6 Å². The highest BCUT2D eigenvalue weighted by Gasteiger charge is 2.31. The fourth-order valence-electron chi connectivity index (χ4n) is 3.01. The van der Waals surface area contributed by atoms with Gasteiger partial charge in [0.05, 0.1) is 12.7 Å². The molecule has 0 bridgehead atoms. The van der Waals surface area contributed by atoms with Crippen LogP contribution in [0.5, 0.6) is 0 Å². The van der Waals surface area contributed by atoms with E-state index in [2.05, 4.69) is 66.4 Å². The Balaban J connectivity index is 1.53. The smallest absolute Gasteiger partial charge is 0.0744 e. The number of benzene rings is 2. The van der Waals surface area contributed by atoms with E-state index in [1.807, 2.05) is 6.07 Å². The second-order valence-electron chi connectivity index (χ2n) is 5.82. The molecule has 1 aliphatic heterocycles. The Labute approximate surface area is 127 Å². The third kappa shape index (κ3) is 3.72. The van der Waals surface area contributed by atoms with Crippen molar-refractivity contribution in [2.45, 2.75) is 38.6 Å². The van der Waals surface area contributed by atoms with Gasteiger partial charge in [0.25, 0.3) is 0 Å². The van der Waals surface area contributed by atoms with Gasteiger partial charge < -0.3 is 4.74 Å². The second kappa shape index (κ2) is 6.88. The summed E-state index contributed by atoms with van der Waals surface area (Å²) in [4.78, 5) is 2.52. The number of likely N-dealkylation sites (tertiary alicyclic amines) is 1. The minimum Gasteiger partial charge on any atom is -0.372 e. The van der Waals surface area contributed by atoms with Crippen LogP contribution in [-0.2, 0) is 17.9 Å². The molecule has 0 aromatic heterocycles. The molecule has 0 aliphatic carbocycles. The molecule has 0 saturated carbocycles. The van der Waals surface area contributed by atoms with Crippen molar-refractivity contribution in [2.75, 3.05) is 6.54 Å². The van der Waals surface area contributed by atoms with Crippen LogP contribution in [0.25, 0.3) is 0 Å². The molecule has 110 valence electrons. The van der Waals surface area contributed by atoms with Crippen LogP contribution in [0.4, 0.5) is 0 Å². The van der Waals surface area contributed by atoms with Gasteiger partial charge in [-0.3, -0.25) is 4.90 Å². The zero-order valence-corrected chi connectivity index (χ0v) is 12.6. The van der Waals surface area contributed by atoms with Crippen LogP contribution >= 0.6 is 0 Å². The third-order valence-electron chi connectivity index (χ3n) is 4.35. The number of nitrogens with zero attached hydrogens (tertiary/aromatic N) is 1. The third-order valence-corrected chi connectivity index (χ3v) is 4.35. The lowest BCUT2D eigenvalue weighted by Crippen LogP contribution is -2.33. The summed E-state index contributed by atoms with van der Waals surface area (Å²) >= 11 is 0. The maximum Gasteiger partial charge on any atom is 0.0744 e. The fourth-order valence-corrected chi connectivity index (χ4v) is 3.01. The predicted octanol–water partition coefficient (Wildman–Crippen LogP) is 3.87. The Hall–Kier alpha value is -1.64. The molecule has 1 fully saturated rings. The van der Waals surface area contributed by atoms with Gasteiger partial charge in [-0.15, -0.1) is 0 Å².